The Kier molecular flexibility index (Phi) is 8.23. The number of nitrogens with zero attached hydrogens (tertiary/aromatic N) is 2. The standard InChI is InChI=1S/C20H24N4O2.ClH/c25-19(9-5-11-23-20(26)16-6-2-1-3-7-16)24-13-12-22-15-18(24)17-8-4-10-21-14-17;/h1-4,6-8,10,14,18,22H,5,9,11-13,15H2,(H,23,26);1H. The molecule has 144 valence electrons. The summed E-state index contributed by atoms with van der Waals surface area (Å²) in [6, 6.07) is 13.0. The minimum absolute atomic E-state index is 0. The summed E-state index contributed by atoms with van der Waals surface area (Å²) in [6.07, 6.45) is 4.60. The summed E-state index contributed by atoms with van der Waals surface area (Å²) < 4.78 is 0. The molecule has 1 atom stereocenters. The van der Waals surface area contributed by atoms with Crippen molar-refractivity contribution in [2.24, 2.45) is 0 Å². The van der Waals surface area contributed by atoms with Crippen LogP contribution in [0.5, 0.6) is 0 Å². The van der Waals surface area contributed by atoms with Crippen LogP contribution < -0.4 is 10.6 Å². The molecule has 1 fully saturated rings. The fourth-order valence-electron chi connectivity index (χ4n) is 3.15. The molecule has 0 radical (unpaired) electrons. The number of aromatic nitrogens is 1. The van der Waals surface area contributed by atoms with E-state index in [9.17, 15) is 9.59 Å². The Bertz CT molecular complexity index is 727. The molecule has 1 aromatic heterocycles. The normalized spacial score (nSPS) is 16.3. The lowest BCUT2D eigenvalue weighted by Gasteiger charge is -2.36. The average Bonchev–Trinajstić information content (AvgIpc) is 2.72. The number of carbonyl (C=O) groups is 2. The molecule has 1 aliphatic heterocycles. The molecule has 2 N–H and O–H groups in total. The predicted molar refractivity (Wildman–Crippen MR) is 107 cm³/mol. The third-order valence-electron chi connectivity index (χ3n) is 4.52. The van der Waals surface area contributed by atoms with Crippen molar-refractivity contribution in [2.45, 2.75) is 18.9 Å². The molecule has 0 aliphatic carbocycles. The molecule has 6 nitrogen and oxygen atoms in total. The van der Waals surface area contributed by atoms with E-state index in [0.717, 1.165) is 18.7 Å². The molecule has 0 saturated carbocycles. The number of benzene rings is 1. The highest BCUT2D eigenvalue weighted by molar-refractivity contribution is 5.94. The molecule has 0 spiro atoms. The Hall–Kier alpha value is -2.44. The molecule has 0 bridgehead atoms. The molecular formula is C20H25ClN4O2. The number of carbonyl (C=O) groups excluding carboxylic acids is 2. The lowest BCUT2D eigenvalue weighted by Crippen LogP contribution is -2.48. The van der Waals surface area contributed by atoms with Crippen molar-refractivity contribution >= 4 is 24.2 Å². The quantitative estimate of drug-likeness (QED) is 0.744. The minimum atomic E-state index is -0.103. The van der Waals surface area contributed by atoms with Crippen LogP contribution >= 0.6 is 12.4 Å². The van der Waals surface area contributed by atoms with Crippen LogP contribution in [0.3, 0.4) is 0 Å². The summed E-state index contributed by atoms with van der Waals surface area (Å²) in [5.41, 5.74) is 1.68. The summed E-state index contributed by atoms with van der Waals surface area (Å²) in [6.45, 7) is 2.72. The summed E-state index contributed by atoms with van der Waals surface area (Å²) in [5, 5.41) is 6.21. The average molecular weight is 389 g/mol. The molecule has 2 aromatic rings. The third kappa shape index (κ3) is 5.77. The number of piperazine rings is 1. The van der Waals surface area contributed by atoms with E-state index < -0.39 is 0 Å². The monoisotopic (exact) mass is 388 g/mol. The highest BCUT2D eigenvalue weighted by Crippen LogP contribution is 2.22. The third-order valence-corrected chi connectivity index (χ3v) is 4.52. The van der Waals surface area contributed by atoms with Crippen LogP contribution in [-0.4, -0.2) is 47.9 Å². The van der Waals surface area contributed by atoms with E-state index in [4.69, 9.17) is 0 Å². The second-order valence-electron chi connectivity index (χ2n) is 6.32. The minimum Gasteiger partial charge on any atom is -0.352 e. The van der Waals surface area contributed by atoms with Gasteiger partial charge >= 0.3 is 0 Å². The summed E-state index contributed by atoms with van der Waals surface area (Å²) in [4.78, 5) is 30.8. The van der Waals surface area contributed by atoms with E-state index in [1.807, 2.05) is 41.4 Å². The van der Waals surface area contributed by atoms with E-state index in [1.165, 1.54) is 0 Å². The largest absolute Gasteiger partial charge is 0.352 e. The first-order valence-electron chi connectivity index (χ1n) is 8.99. The summed E-state index contributed by atoms with van der Waals surface area (Å²) >= 11 is 0. The topological polar surface area (TPSA) is 74.3 Å². The maximum absolute atomic E-state index is 12.7. The van der Waals surface area contributed by atoms with E-state index in [0.29, 0.717) is 31.5 Å². The van der Waals surface area contributed by atoms with Gasteiger partial charge in [-0.15, -0.1) is 12.4 Å². The molecule has 1 saturated heterocycles. The van der Waals surface area contributed by atoms with Gasteiger partial charge in [-0.05, 0) is 30.2 Å². The lowest BCUT2D eigenvalue weighted by molar-refractivity contribution is -0.134. The van der Waals surface area contributed by atoms with Crippen LogP contribution in [-0.2, 0) is 4.79 Å². The van der Waals surface area contributed by atoms with Crippen LogP contribution in [0.25, 0.3) is 0 Å². The molecule has 1 unspecified atom stereocenters. The number of pyridine rings is 1. The molecule has 3 rings (SSSR count). The van der Waals surface area contributed by atoms with Gasteiger partial charge in [-0.1, -0.05) is 24.3 Å². The number of halogens is 1. The van der Waals surface area contributed by atoms with Gasteiger partial charge in [0, 0.05) is 50.6 Å². The van der Waals surface area contributed by atoms with Crippen LogP contribution in [0.1, 0.15) is 34.8 Å². The number of hydrogen-bond donors (Lipinski definition) is 2. The summed E-state index contributed by atoms with van der Waals surface area (Å²) in [7, 11) is 0. The lowest BCUT2D eigenvalue weighted by atomic mass is 10.0. The van der Waals surface area contributed by atoms with Gasteiger partial charge in [-0.2, -0.15) is 0 Å². The smallest absolute Gasteiger partial charge is 0.251 e. The number of nitrogens with one attached hydrogen (secondary N) is 2. The maximum Gasteiger partial charge on any atom is 0.251 e. The van der Waals surface area contributed by atoms with Crippen molar-refractivity contribution in [3.05, 3.63) is 66.0 Å². The molecule has 2 amide bonds. The van der Waals surface area contributed by atoms with Gasteiger partial charge < -0.3 is 15.5 Å². The molecular weight excluding hydrogens is 364 g/mol. The van der Waals surface area contributed by atoms with Gasteiger partial charge in [0.15, 0.2) is 0 Å². The first-order valence-corrected chi connectivity index (χ1v) is 8.99. The Morgan fingerprint density at radius 3 is 2.74 bits per heavy atom. The SMILES string of the molecule is Cl.O=C(NCCCC(=O)N1CCNCC1c1cccnc1)c1ccccc1. The van der Waals surface area contributed by atoms with Crippen LogP contribution in [0.2, 0.25) is 0 Å². The van der Waals surface area contributed by atoms with Crippen molar-refractivity contribution in [1.29, 1.82) is 0 Å². The van der Waals surface area contributed by atoms with E-state index in [-0.39, 0.29) is 30.3 Å². The van der Waals surface area contributed by atoms with E-state index >= 15 is 0 Å². The number of amides is 2. The Morgan fingerprint density at radius 2 is 2.00 bits per heavy atom. The van der Waals surface area contributed by atoms with Crippen LogP contribution in [0.4, 0.5) is 0 Å². The maximum atomic E-state index is 12.7. The van der Waals surface area contributed by atoms with Crippen molar-refractivity contribution < 1.29 is 9.59 Å². The van der Waals surface area contributed by atoms with Gasteiger partial charge in [0.1, 0.15) is 0 Å². The number of hydrogen-bond acceptors (Lipinski definition) is 4. The predicted octanol–water partition coefficient (Wildman–Crippen LogP) is 2.19. The Balaban J connectivity index is 0.00000261. The van der Waals surface area contributed by atoms with Gasteiger partial charge in [0.25, 0.3) is 5.91 Å². The van der Waals surface area contributed by atoms with Gasteiger partial charge in [-0.25, -0.2) is 0 Å². The fourth-order valence-corrected chi connectivity index (χ4v) is 3.15. The van der Waals surface area contributed by atoms with Crippen LogP contribution in [0.15, 0.2) is 54.9 Å². The van der Waals surface area contributed by atoms with Gasteiger partial charge in [0.05, 0.1) is 6.04 Å². The zero-order valence-corrected chi connectivity index (χ0v) is 16.0. The first-order chi connectivity index (χ1) is 12.8. The van der Waals surface area contributed by atoms with Crippen molar-refractivity contribution in [3.8, 4) is 0 Å². The summed E-state index contributed by atoms with van der Waals surface area (Å²) in [5.74, 6) is 0.0165. The second-order valence-corrected chi connectivity index (χ2v) is 6.32. The molecule has 1 aromatic carbocycles. The highest BCUT2D eigenvalue weighted by Gasteiger charge is 2.27. The molecule has 7 heteroatoms. The number of rotatable bonds is 6. The van der Waals surface area contributed by atoms with Crippen molar-refractivity contribution in [2.75, 3.05) is 26.2 Å². The highest BCUT2D eigenvalue weighted by atomic mass is 35.5. The van der Waals surface area contributed by atoms with Crippen molar-refractivity contribution in [1.82, 2.24) is 20.5 Å². The first kappa shape index (κ1) is 20.9. The molecule has 1 aliphatic rings. The zero-order chi connectivity index (χ0) is 18.2. The van der Waals surface area contributed by atoms with Crippen LogP contribution in [0, 0.1) is 0 Å². The van der Waals surface area contributed by atoms with E-state index in [2.05, 4.69) is 15.6 Å². The Labute approximate surface area is 165 Å². The van der Waals surface area contributed by atoms with Crippen molar-refractivity contribution in [3.63, 3.8) is 0 Å². The van der Waals surface area contributed by atoms with Gasteiger partial charge in [-0.3, -0.25) is 14.6 Å². The zero-order valence-electron chi connectivity index (χ0n) is 15.1. The van der Waals surface area contributed by atoms with E-state index in [1.54, 1.807) is 18.3 Å². The Morgan fingerprint density at radius 1 is 1.19 bits per heavy atom. The molecule has 2 heterocycles. The second kappa shape index (κ2) is 10.6. The van der Waals surface area contributed by atoms with Gasteiger partial charge in [0.2, 0.25) is 5.91 Å². The fraction of sp³-hybridized carbons (Fsp3) is 0.350. The molecule has 27 heavy (non-hydrogen) atoms.